The number of nitrogens with zero attached hydrogens (tertiary/aromatic N) is 2. The number of aromatic nitrogens is 2. The molecule has 186 valence electrons. The van der Waals surface area contributed by atoms with E-state index in [-0.39, 0.29) is 23.2 Å². The molecule has 0 atom stereocenters. The predicted octanol–water partition coefficient (Wildman–Crippen LogP) is 4.82. The van der Waals surface area contributed by atoms with E-state index in [4.69, 9.17) is 5.11 Å². The molecule has 1 amide bonds. The van der Waals surface area contributed by atoms with Crippen molar-refractivity contribution in [2.24, 2.45) is 7.05 Å². The Balaban J connectivity index is 1.90. The molecule has 0 unspecified atom stereocenters. The predicted molar refractivity (Wildman–Crippen MR) is 107 cm³/mol. The highest BCUT2D eigenvalue weighted by Gasteiger charge is 2.41. The van der Waals surface area contributed by atoms with Crippen LogP contribution in [0, 0.1) is 5.82 Å². The lowest BCUT2D eigenvalue weighted by molar-refractivity contribution is -0.144. The van der Waals surface area contributed by atoms with Gasteiger partial charge in [0.2, 0.25) is 0 Å². The van der Waals surface area contributed by atoms with Gasteiger partial charge in [-0.05, 0) is 35.4 Å². The van der Waals surface area contributed by atoms with Crippen LogP contribution in [-0.2, 0) is 32.4 Å². The summed E-state index contributed by atoms with van der Waals surface area (Å²) < 4.78 is 93.6. The van der Waals surface area contributed by atoms with Gasteiger partial charge in [-0.3, -0.25) is 9.48 Å². The Kier molecular flexibility index (Phi) is 6.90. The molecule has 0 spiro atoms. The third kappa shape index (κ3) is 5.78. The molecule has 0 aliphatic rings. The van der Waals surface area contributed by atoms with Gasteiger partial charge >= 0.3 is 18.3 Å². The number of amides is 1. The number of carboxylic acids is 1. The summed E-state index contributed by atoms with van der Waals surface area (Å²) in [6, 6.07) is 6.61. The van der Waals surface area contributed by atoms with E-state index in [1.165, 1.54) is 6.07 Å². The molecule has 3 aromatic rings. The molecule has 0 aliphatic carbocycles. The van der Waals surface area contributed by atoms with Gasteiger partial charge in [-0.1, -0.05) is 18.2 Å². The molecule has 35 heavy (non-hydrogen) atoms. The van der Waals surface area contributed by atoms with Crippen LogP contribution in [0.25, 0.3) is 0 Å². The summed E-state index contributed by atoms with van der Waals surface area (Å²) in [7, 11) is 0.968. The zero-order chi connectivity index (χ0) is 26.1. The quantitative estimate of drug-likeness (QED) is 0.473. The van der Waals surface area contributed by atoms with Gasteiger partial charge in [0.15, 0.2) is 5.69 Å². The minimum atomic E-state index is -4.98. The van der Waals surface area contributed by atoms with Crippen LogP contribution >= 0.6 is 0 Å². The second-order valence-electron chi connectivity index (χ2n) is 7.47. The van der Waals surface area contributed by atoms with Crippen molar-refractivity contribution in [3.63, 3.8) is 0 Å². The molecule has 0 aliphatic heterocycles. The van der Waals surface area contributed by atoms with Crippen LogP contribution in [0.1, 0.15) is 48.8 Å². The Morgan fingerprint density at radius 1 is 0.971 bits per heavy atom. The smallest absolute Gasteiger partial charge is 0.433 e. The molecule has 6 nitrogen and oxygen atoms in total. The van der Waals surface area contributed by atoms with Gasteiger partial charge in [-0.2, -0.15) is 31.4 Å². The number of halogens is 7. The molecule has 0 bridgehead atoms. The number of aromatic carboxylic acids is 1. The van der Waals surface area contributed by atoms with Gasteiger partial charge in [0.05, 0.1) is 22.4 Å². The van der Waals surface area contributed by atoms with Crippen molar-refractivity contribution in [2.75, 3.05) is 0 Å². The average molecular weight is 503 g/mol. The summed E-state index contributed by atoms with van der Waals surface area (Å²) in [6.07, 6.45) is -9.95. The molecular weight excluding hydrogens is 487 g/mol. The summed E-state index contributed by atoms with van der Waals surface area (Å²) >= 11 is 0. The van der Waals surface area contributed by atoms with Crippen LogP contribution in [0.2, 0.25) is 0 Å². The minimum absolute atomic E-state index is 0.0857. The lowest BCUT2D eigenvalue weighted by atomic mass is 10.0. The molecule has 0 saturated carbocycles. The van der Waals surface area contributed by atoms with Crippen molar-refractivity contribution >= 4 is 11.9 Å². The summed E-state index contributed by atoms with van der Waals surface area (Å²) in [6.45, 7) is -0.429. The molecule has 3 rings (SSSR count). The van der Waals surface area contributed by atoms with Crippen LogP contribution in [0.3, 0.4) is 0 Å². The maximum absolute atomic E-state index is 13.9. The lowest BCUT2D eigenvalue weighted by Gasteiger charge is -2.12. The van der Waals surface area contributed by atoms with E-state index >= 15 is 0 Å². The maximum Gasteiger partial charge on any atom is 0.433 e. The van der Waals surface area contributed by atoms with E-state index in [0.717, 1.165) is 43.4 Å². The number of hydrogen-bond acceptors (Lipinski definition) is 3. The third-order valence-corrected chi connectivity index (χ3v) is 4.99. The summed E-state index contributed by atoms with van der Waals surface area (Å²) in [5.74, 6) is -3.81. The second-order valence-corrected chi connectivity index (χ2v) is 7.47. The molecule has 1 aromatic heterocycles. The molecular formula is C22H16F7N3O3. The Hall–Kier alpha value is -3.90. The van der Waals surface area contributed by atoms with E-state index in [9.17, 15) is 40.3 Å². The fourth-order valence-corrected chi connectivity index (χ4v) is 3.38. The van der Waals surface area contributed by atoms with E-state index in [0.29, 0.717) is 4.68 Å². The first-order valence-corrected chi connectivity index (χ1v) is 9.77. The zero-order valence-corrected chi connectivity index (χ0v) is 17.8. The van der Waals surface area contributed by atoms with Gasteiger partial charge in [-0.15, -0.1) is 0 Å². The number of aryl methyl sites for hydroxylation is 1. The third-order valence-electron chi connectivity index (χ3n) is 4.99. The highest BCUT2D eigenvalue weighted by molar-refractivity contribution is 5.97. The molecule has 13 heteroatoms. The molecule has 0 radical (unpaired) electrons. The number of carbonyl (C=O) groups is 2. The average Bonchev–Trinajstić information content (AvgIpc) is 3.07. The number of carbonyl (C=O) groups excluding carboxylic acids is 1. The van der Waals surface area contributed by atoms with Gasteiger partial charge in [0, 0.05) is 20.0 Å². The minimum Gasteiger partial charge on any atom is -0.478 e. The van der Waals surface area contributed by atoms with Crippen LogP contribution in [0.4, 0.5) is 30.7 Å². The van der Waals surface area contributed by atoms with Crippen LogP contribution in [0.5, 0.6) is 0 Å². The zero-order valence-electron chi connectivity index (χ0n) is 17.8. The number of nitrogens with one attached hydrogen (secondary N) is 1. The first kappa shape index (κ1) is 25.7. The fourth-order valence-electron chi connectivity index (χ4n) is 3.38. The Morgan fingerprint density at radius 3 is 2.09 bits per heavy atom. The van der Waals surface area contributed by atoms with E-state index in [1.807, 2.05) is 0 Å². The standard InChI is InChI=1S/C22H16F7N3O3/c1-32-18(22(27,28)29)17(16(31-32)9-11-2-5-13(6-3-11)21(24,25)26)19(33)30-10-12-4-7-14(20(34)35)15(23)8-12/h2-8H,9-10H2,1H3,(H,30,33)(H,34,35). The van der Waals surface area contributed by atoms with Crippen molar-refractivity contribution in [3.8, 4) is 0 Å². The topological polar surface area (TPSA) is 84.2 Å². The van der Waals surface area contributed by atoms with Crippen LogP contribution < -0.4 is 5.32 Å². The first-order valence-electron chi connectivity index (χ1n) is 9.77. The van der Waals surface area contributed by atoms with Crippen LogP contribution in [-0.4, -0.2) is 26.8 Å². The van der Waals surface area contributed by atoms with Gasteiger partial charge in [-0.25, -0.2) is 9.18 Å². The highest BCUT2D eigenvalue weighted by Crippen LogP contribution is 2.34. The number of rotatable bonds is 6. The maximum atomic E-state index is 13.9. The molecule has 0 fully saturated rings. The van der Waals surface area contributed by atoms with E-state index in [1.54, 1.807) is 0 Å². The van der Waals surface area contributed by atoms with Crippen LogP contribution in [0.15, 0.2) is 42.5 Å². The van der Waals surface area contributed by atoms with Crippen molar-refractivity contribution in [2.45, 2.75) is 25.3 Å². The first-order chi connectivity index (χ1) is 16.2. The number of carboxylic acid groups (broad SMARTS) is 1. The number of benzene rings is 2. The molecule has 2 aromatic carbocycles. The summed E-state index contributed by atoms with van der Waals surface area (Å²) in [4.78, 5) is 23.6. The monoisotopic (exact) mass is 503 g/mol. The lowest BCUT2D eigenvalue weighted by Crippen LogP contribution is -2.27. The Morgan fingerprint density at radius 2 is 1.57 bits per heavy atom. The van der Waals surface area contributed by atoms with E-state index in [2.05, 4.69) is 10.4 Å². The van der Waals surface area contributed by atoms with Crippen molar-refractivity contribution < 1.29 is 45.4 Å². The number of hydrogen-bond donors (Lipinski definition) is 2. The molecule has 1 heterocycles. The molecule has 2 N–H and O–H groups in total. The largest absolute Gasteiger partial charge is 0.478 e. The van der Waals surface area contributed by atoms with Crippen molar-refractivity contribution in [1.29, 1.82) is 0 Å². The fraction of sp³-hybridized carbons (Fsp3) is 0.227. The van der Waals surface area contributed by atoms with Gasteiger partial charge in [0.1, 0.15) is 5.82 Å². The van der Waals surface area contributed by atoms with Gasteiger partial charge in [0.25, 0.3) is 5.91 Å². The van der Waals surface area contributed by atoms with Crippen molar-refractivity contribution in [3.05, 3.63) is 87.5 Å². The normalized spacial score (nSPS) is 12.0. The van der Waals surface area contributed by atoms with E-state index < -0.39 is 59.0 Å². The molecule has 0 saturated heterocycles. The van der Waals surface area contributed by atoms with Gasteiger partial charge < -0.3 is 10.4 Å². The summed E-state index contributed by atoms with van der Waals surface area (Å²) in [5.41, 5.74) is -3.83. The summed E-state index contributed by atoms with van der Waals surface area (Å²) in [5, 5.41) is 14.8. The number of alkyl halides is 6. The Bertz CT molecular complexity index is 1260. The van der Waals surface area contributed by atoms with Crippen molar-refractivity contribution in [1.82, 2.24) is 15.1 Å². The Labute approximate surface area is 193 Å². The second kappa shape index (κ2) is 9.39. The SMILES string of the molecule is Cn1nc(Cc2ccc(C(F)(F)F)cc2)c(C(=O)NCc2ccc(C(=O)O)c(F)c2)c1C(F)(F)F. The highest BCUT2D eigenvalue weighted by atomic mass is 19.4.